The van der Waals surface area contributed by atoms with Crippen LogP contribution in [0.25, 0.3) is 0 Å². The molecule has 0 aromatic heterocycles. The smallest absolute Gasteiger partial charge is 0.252 e. The van der Waals surface area contributed by atoms with E-state index in [4.69, 9.17) is 4.74 Å². The molecule has 3 rings (SSSR count). The van der Waals surface area contributed by atoms with Crippen molar-refractivity contribution < 1.29 is 19.1 Å². The summed E-state index contributed by atoms with van der Waals surface area (Å²) in [4.78, 5) is 40.0. The number of likely N-dealkylation sites (tertiary alicyclic amines) is 1. The van der Waals surface area contributed by atoms with Gasteiger partial charge in [0, 0.05) is 13.7 Å². The van der Waals surface area contributed by atoms with E-state index in [1.807, 2.05) is 6.07 Å². The van der Waals surface area contributed by atoms with E-state index in [1.54, 1.807) is 23.1 Å². The lowest BCUT2D eigenvalue weighted by Gasteiger charge is -2.31. The van der Waals surface area contributed by atoms with Gasteiger partial charge in [-0.25, -0.2) is 0 Å². The monoisotopic (exact) mass is 331 g/mol. The number of fused-ring (bicyclic) bond motifs is 1. The Morgan fingerprint density at radius 3 is 2.88 bits per heavy atom. The average molecular weight is 331 g/mol. The van der Waals surface area contributed by atoms with Crippen molar-refractivity contribution >= 4 is 29.1 Å². The largest absolute Gasteiger partial charge is 0.372 e. The van der Waals surface area contributed by atoms with E-state index in [2.05, 4.69) is 5.32 Å². The SMILES string of the molecule is COC1CCCCN(CC(=O)N2CC(=O)Nc3ccccc32)C1=O. The van der Waals surface area contributed by atoms with Crippen LogP contribution in [0.3, 0.4) is 0 Å². The van der Waals surface area contributed by atoms with Crippen LogP contribution in [0, 0.1) is 0 Å². The minimum absolute atomic E-state index is 0.0361. The van der Waals surface area contributed by atoms with Crippen LogP contribution < -0.4 is 10.2 Å². The molecule has 2 aliphatic heterocycles. The molecule has 1 aromatic carbocycles. The second kappa shape index (κ2) is 7.00. The first-order chi connectivity index (χ1) is 11.6. The normalized spacial score (nSPS) is 21.1. The van der Waals surface area contributed by atoms with Crippen molar-refractivity contribution in [1.82, 2.24) is 4.90 Å². The van der Waals surface area contributed by atoms with E-state index in [9.17, 15) is 14.4 Å². The molecule has 1 N–H and O–H groups in total. The number of nitrogens with zero attached hydrogens (tertiary/aromatic N) is 2. The molecule has 0 aliphatic carbocycles. The van der Waals surface area contributed by atoms with Crippen LogP contribution in [-0.2, 0) is 19.1 Å². The topological polar surface area (TPSA) is 79.0 Å². The summed E-state index contributed by atoms with van der Waals surface area (Å²) in [6.07, 6.45) is 1.92. The molecule has 1 aromatic rings. The Morgan fingerprint density at radius 1 is 1.29 bits per heavy atom. The first-order valence-corrected chi connectivity index (χ1v) is 8.11. The molecule has 0 bridgehead atoms. The van der Waals surface area contributed by atoms with Gasteiger partial charge >= 0.3 is 0 Å². The lowest BCUT2D eigenvalue weighted by atomic mass is 10.2. The van der Waals surface area contributed by atoms with Crippen LogP contribution in [0.5, 0.6) is 0 Å². The van der Waals surface area contributed by atoms with Gasteiger partial charge in [-0.1, -0.05) is 12.1 Å². The van der Waals surface area contributed by atoms with Crippen LogP contribution >= 0.6 is 0 Å². The number of rotatable bonds is 3. The van der Waals surface area contributed by atoms with E-state index in [0.717, 1.165) is 12.8 Å². The zero-order chi connectivity index (χ0) is 17.1. The van der Waals surface area contributed by atoms with Crippen LogP contribution in [0.2, 0.25) is 0 Å². The number of methoxy groups -OCH3 is 1. The number of para-hydroxylation sites is 2. The van der Waals surface area contributed by atoms with E-state index in [0.29, 0.717) is 24.3 Å². The molecule has 3 amide bonds. The number of amides is 3. The van der Waals surface area contributed by atoms with Crippen molar-refractivity contribution in [3.63, 3.8) is 0 Å². The Morgan fingerprint density at radius 2 is 2.08 bits per heavy atom. The fourth-order valence-corrected chi connectivity index (χ4v) is 3.15. The highest BCUT2D eigenvalue weighted by molar-refractivity contribution is 6.10. The number of hydrogen-bond acceptors (Lipinski definition) is 4. The summed E-state index contributed by atoms with van der Waals surface area (Å²) in [5.74, 6) is -0.653. The van der Waals surface area contributed by atoms with E-state index in [1.165, 1.54) is 12.0 Å². The summed E-state index contributed by atoms with van der Waals surface area (Å²) < 4.78 is 5.23. The van der Waals surface area contributed by atoms with E-state index < -0.39 is 6.10 Å². The second-order valence-electron chi connectivity index (χ2n) is 6.03. The number of nitrogens with one attached hydrogen (secondary N) is 1. The molecule has 1 fully saturated rings. The molecule has 7 nitrogen and oxygen atoms in total. The summed E-state index contributed by atoms with van der Waals surface area (Å²) in [5, 5.41) is 2.75. The minimum atomic E-state index is -0.489. The van der Waals surface area contributed by atoms with Gasteiger partial charge in [-0.2, -0.15) is 0 Å². The lowest BCUT2D eigenvalue weighted by Crippen LogP contribution is -2.49. The Balaban J connectivity index is 1.77. The Hall–Kier alpha value is -2.41. The quantitative estimate of drug-likeness (QED) is 0.896. The van der Waals surface area contributed by atoms with Gasteiger partial charge in [0.15, 0.2) is 0 Å². The highest BCUT2D eigenvalue weighted by Gasteiger charge is 2.32. The molecular weight excluding hydrogens is 310 g/mol. The van der Waals surface area contributed by atoms with E-state index >= 15 is 0 Å². The second-order valence-corrected chi connectivity index (χ2v) is 6.03. The highest BCUT2D eigenvalue weighted by Crippen LogP contribution is 2.29. The highest BCUT2D eigenvalue weighted by atomic mass is 16.5. The molecule has 2 heterocycles. The Bertz CT molecular complexity index is 661. The van der Waals surface area contributed by atoms with Crippen molar-refractivity contribution in [3.8, 4) is 0 Å². The van der Waals surface area contributed by atoms with Gasteiger partial charge in [0.05, 0.1) is 11.4 Å². The molecule has 128 valence electrons. The predicted octanol–water partition coefficient (Wildman–Crippen LogP) is 0.999. The third-order valence-corrected chi connectivity index (χ3v) is 4.41. The van der Waals surface area contributed by atoms with Crippen molar-refractivity contribution in [2.24, 2.45) is 0 Å². The van der Waals surface area contributed by atoms with Gasteiger partial charge in [-0.05, 0) is 31.4 Å². The van der Waals surface area contributed by atoms with Crippen LogP contribution in [0.15, 0.2) is 24.3 Å². The maximum absolute atomic E-state index is 12.7. The standard InChI is InChI=1S/C17H21N3O4/c1-24-14-8-4-5-9-19(17(14)23)11-16(22)20-10-15(21)18-12-6-2-3-7-13(12)20/h2-3,6-7,14H,4-5,8-11H2,1H3,(H,18,21). The summed E-state index contributed by atoms with van der Waals surface area (Å²) in [6.45, 7) is 0.456. The molecule has 1 unspecified atom stereocenters. The van der Waals surface area contributed by atoms with Gasteiger partial charge in [-0.15, -0.1) is 0 Å². The number of anilines is 2. The van der Waals surface area contributed by atoms with E-state index in [-0.39, 0.29) is 30.8 Å². The fourth-order valence-electron chi connectivity index (χ4n) is 3.15. The van der Waals surface area contributed by atoms with Crippen molar-refractivity contribution in [1.29, 1.82) is 0 Å². The Kier molecular flexibility index (Phi) is 4.80. The summed E-state index contributed by atoms with van der Waals surface area (Å²) in [5.41, 5.74) is 1.27. The maximum Gasteiger partial charge on any atom is 0.252 e. The fraction of sp³-hybridized carbons (Fsp3) is 0.471. The molecule has 7 heteroatoms. The zero-order valence-corrected chi connectivity index (χ0v) is 13.7. The molecule has 1 saturated heterocycles. The molecule has 24 heavy (non-hydrogen) atoms. The third kappa shape index (κ3) is 3.26. The molecule has 0 spiro atoms. The number of benzene rings is 1. The summed E-state index contributed by atoms with van der Waals surface area (Å²) >= 11 is 0. The Labute approximate surface area is 140 Å². The number of carbonyl (C=O) groups is 3. The van der Waals surface area contributed by atoms with Crippen LogP contribution in [-0.4, -0.2) is 55.5 Å². The number of hydrogen-bond donors (Lipinski definition) is 1. The van der Waals surface area contributed by atoms with Crippen LogP contribution in [0.4, 0.5) is 11.4 Å². The van der Waals surface area contributed by atoms with Crippen molar-refractivity contribution in [2.45, 2.75) is 25.4 Å². The summed E-state index contributed by atoms with van der Waals surface area (Å²) in [7, 11) is 1.51. The third-order valence-electron chi connectivity index (χ3n) is 4.41. The van der Waals surface area contributed by atoms with Gasteiger partial charge in [0.2, 0.25) is 11.8 Å². The van der Waals surface area contributed by atoms with Crippen molar-refractivity contribution in [2.75, 3.05) is 37.0 Å². The first kappa shape index (κ1) is 16.4. The predicted molar refractivity (Wildman–Crippen MR) is 88.7 cm³/mol. The minimum Gasteiger partial charge on any atom is -0.372 e. The van der Waals surface area contributed by atoms with Gasteiger partial charge in [-0.3, -0.25) is 19.3 Å². The lowest BCUT2D eigenvalue weighted by molar-refractivity contribution is -0.143. The molecule has 0 radical (unpaired) electrons. The first-order valence-electron chi connectivity index (χ1n) is 8.11. The van der Waals surface area contributed by atoms with Gasteiger partial charge in [0.1, 0.15) is 19.2 Å². The maximum atomic E-state index is 12.7. The molecule has 2 aliphatic rings. The van der Waals surface area contributed by atoms with Crippen molar-refractivity contribution in [3.05, 3.63) is 24.3 Å². The molecule has 0 saturated carbocycles. The average Bonchev–Trinajstić information content (AvgIpc) is 2.75. The van der Waals surface area contributed by atoms with Gasteiger partial charge < -0.3 is 15.0 Å². The summed E-state index contributed by atoms with van der Waals surface area (Å²) in [6, 6.07) is 7.16. The zero-order valence-electron chi connectivity index (χ0n) is 13.7. The molecular formula is C17H21N3O4. The van der Waals surface area contributed by atoms with Gasteiger partial charge in [0.25, 0.3) is 5.91 Å². The number of ether oxygens (including phenoxy) is 1. The van der Waals surface area contributed by atoms with Crippen LogP contribution in [0.1, 0.15) is 19.3 Å². The number of carbonyl (C=O) groups excluding carboxylic acids is 3. The molecule has 1 atom stereocenters.